The minimum absolute atomic E-state index is 0.193. The van der Waals surface area contributed by atoms with Gasteiger partial charge in [0, 0.05) is 0 Å². The van der Waals surface area contributed by atoms with Crippen LogP contribution in [0.5, 0.6) is 0 Å². The molecule has 18 nitrogen and oxygen atoms in total. The second-order valence-corrected chi connectivity index (χ2v) is 10.2. The zero-order valence-electron chi connectivity index (χ0n) is 22.9. The first kappa shape index (κ1) is 36.6. The second-order valence-electron chi connectivity index (χ2n) is 10.2. The molecule has 2 aliphatic heterocycles. The quantitative estimate of drug-likeness (QED) is 0.0602. The molecule has 0 aliphatic carbocycles. The highest BCUT2D eigenvalue weighted by Gasteiger charge is 2.44. The first-order valence-electron chi connectivity index (χ1n) is 13.4. The van der Waals surface area contributed by atoms with Crippen LogP contribution in [0.2, 0.25) is 0 Å². The maximum atomic E-state index is 10.5. The van der Waals surface area contributed by atoms with Crippen LogP contribution in [0.25, 0.3) is 0 Å². The minimum Gasteiger partial charge on any atom is -0.479 e. The molecule has 0 bridgehead atoms. The molecule has 2 aliphatic rings. The number of hydrogen-bond donors (Lipinski definition) is 11. The van der Waals surface area contributed by atoms with Crippen molar-refractivity contribution in [3.8, 4) is 0 Å². The van der Waals surface area contributed by atoms with Crippen LogP contribution in [0.15, 0.2) is 5.16 Å². The Morgan fingerprint density at radius 2 is 1.38 bits per heavy atom. The number of aliphatic hydroxyl groups excluding tert-OH is 10. The first-order chi connectivity index (χ1) is 19.8. The lowest BCUT2D eigenvalue weighted by Crippen LogP contribution is -2.50. The number of nitrogens with zero attached hydrogens (tertiary/aromatic N) is 1. The Bertz CT molecular complexity index is 822. The van der Waals surface area contributed by atoms with Gasteiger partial charge in [-0.2, -0.15) is 0 Å². The van der Waals surface area contributed by atoms with Gasteiger partial charge in [0.1, 0.15) is 79.4 Å². The van der Waals surface area contributed by atoms with E-state index in [1.165, 1.54) is 0 Å². The summed E-state index contributed by atoms with van der Waals surface area (Å²) in [6, 6.07) is 0. The number of aliphatic carboxylic acids is 1. The molecule has 0 radical (unpaired) electrons. The number of ether oxygens (including phenoxy) is 4. The average Bonchev–Trinajstić information content (AvgIpc) is 3.13. The molecule has 0 aromatic heterocycles. The van der Waals surface area contributed by atoms with E-state index in [0.29, 0.717) is 19.1 Å². The number of carboxylic acid groups (broad SMARTS) is 1. The van der Waals surface area contributed by atoms with Gasteiger partial charge in [-0.3, -0.25) is 0 Å². The van der Waals surface area contributed by atoms with Gasteiger partial charge in [0.15, 0.2) is 0 Å². The lowest BCUT2D eigenvalue weighted by molar-refractivity contribution is -0.153. The summed E-state index contributed by atoms with van der Waals surface area (Å²) >= 11 is 0. The molecule has 0 aromatic carbocycles. The van der Waals surface area contributed by atoms with E-state index in [1.54, 1.807) is 0 Å². The number of aliphatic hydroxyl groups is 10. The van der Waals surface area contributed by atoms with Gasteiger partial charge in [-0.25, -0.2) is 4.79 Å². The van der Waals surface area contributed by atoms with Gasteiger partial charge in [0.25, 0.3) is 0 Å². The molecule has 0 aromatic rings. The maximum absolute atomic E-state index is 10.5. The van der Waals surface area contributed by atoms with Gasteiger partial charge in [-0.05, 0) is 6.42 Å². The summed E-state index contributed by atoms with van der Waals surface area (Å²) in [6.07, 6.45) is -20.3. The maximum Gasteiger partial charge on any atom is 0.344 e. The monoisotopic (exact) mass is 617 g/mol. The molecule has 2 heterocycles. The predicted octanol–water partition coefficient (Wildman–Crippen LogP) is -5.95. The van der Waals surface area contributed by atoms with Crippen molar-refractivity contribution in [2.75, 3.05) is 33.0 Å². The van der Waals surface area contributed by atoms with Crippen LogP contribution in [-0.4, -0.2) is 187 Å². The Labute approximate surface area is 240 Å². The standard InChI is InChI=1S/C24H43NO17/c1-2-3-12-19(32)23(36)21(34)14(6-39-12)41-8-15-22(35)24(37)20(33)13(7-40-15)38-5-11(27)18(31)17(30)10(26)4-25-42-9-16(28)29/h4,10-15,17-24,26-27,30-37H,2-3,5-9H2,1H3,(H,28,29). The normalized spacial score (nSPS) is 37.4. The highest BCUT2D eigenvalue weighted by Crippen LogP contribution is 2.24. The molecule has 14 atom stereocenters. The van der Waals surface area contributed by atoms with Crippen molar-refractivity contribution in [2.24, 2.45) is 5.16 Å². The molecule has 246 valence electrons. The third-order valence-electron chi connectivity index (χ3n) is 6.97. The van der Waals surface area contributed by atoms with E-state index >= 15 is 0 Å². The van der Waals surface area contributed by atoms with E-state index in [9.17, 15) is 55.9 Å². The van der Waals surface area contributed by atoms with Crippen LogP contribution in [0.1, 0.15) is 19.8 Å². The van der Waals surface area contributed by atoms with Crippen LogP contribution in [0, 0.1) is 0 Å². The van der Waals surface area contributed by atoms with Gasteiger partial charge in [-0.1, -0.05) is 18.5 Å². The van der Waals surface area contributed by atoms with Gasteiger partial charge >= 0.3 is 5.97 Å². The summed E-state index contributed by atoms with van der Waals surface area (Å²) in [4.78, 5) is 14.7. The molecule has 0 saturated carbocycles. The highest BCUT2D eigenvalue weighted by atomic mass is 16.6. The average molecular weight is 618 g/mol. The SMILES string of the molecule is CCCC1OCC(OCC2OCC(OCC(O)C(O)C(O)C(O)C=NOCC(=O)O)C(O)C(O)C2O)C(O)C(O)C1O. The predicted molar refractivity (Wildman–Crippen MR) is 136 cm³/mol. The lowest BCUT2D eigenvalue weighted by Gasteiger charge is -2.29. The molecular formula is C24H43NO17. The third kappa shape index (κ3) is 10.2. The Morgan fingerprint density at radius 1 is 0.833 bits per heavy atom. The van der Waals surface area contributed by atoms with Crippen LogP contribution in [0.3, 0.4) is 0 Å². The van der Waals surface area contributed by atoms with Crippen LogP contribution in [-0.2, 0) is 28.6 Å². The van der Waals surface area contributed by atoms with Gasteiger partial charge in [-0.15, -0.1) is 0 Å². The van der Waals surface area contributed by atoms with Crippen LogP contribution in [0.4, 0.5) is 0 Å². The molecule has 18 heteroatoms. The molecular weight excluding hydrogens is 574 g/mol. The van der Waals surface area contributed by atoms with E-state index in [0.717, 1.165) is 0 Å². The molecule has 0 amide bonds. The van der Waals surface area contributed by atoms with Crippen molar-refractivity contribution in [1.82, 2.24) is 0 Å². The molecule has 42 heavy (non-hydrogen) atoms. The van der Waals surface area contributed by atoms with Crippen LogP contribution >= 0.6 is 0 Å². The summed E-state index contributed by atoms with van der Waals surface area (Å²) in [5, 5.41) is 114. The number of carbonyl (C=O) groups is 1. The molecule has 14 unspecified atom stereocenters. The van der Waals surface area contributed by atoms with E-state index in [4.69, 9.17) is 24.1 Å². The fourth-order valence-electron chi connectivity index (χ4n) is 4.35. The van der Waals surface area contributed by atoms with E-state index in [2.05, 4.69) is 9.99 Å². The molecule has 2 saturated heterocycles. The Hall–Kier alpha value is -1.62. The topological polar surface area (TPSA) is 298 Å². The van der Waals surface area contributed by atoms with Crippen molar-refractivity contribution in [1.29, 1.82) is 0 Å². The zero-order valence-corrected chi connectivity index (χ0v) is 22.9. The summed E-state index contributed by atoms with van der Waals surface area (Å²) in [5.74, 6) is -1.34. The summed E-state index contributed by atoms with van der Waals surface area (Å²) in [5.41, 5.74) is 0. The summed E-state index contributed by atoms with van der Waals surface area (Å²) < 4.78 is 22.0. The van der Waals surface area contributed by atoms with Crippen molar-refractivity contribution >= 4 is 12.2 Å². The number of carboxylic acids is 1. The smallest absolute Gasteiger partial charge is 0.344 e. The van der Waals surface area contributed by atoms with Crippen molar-refractivity contribution < 1.29 is 84.8 Å². The Morgan fingerprint density at radius 3 is 1.95 bits per heavy atom. The Kier molecular flexibility index (Phi) is 15.3. The van der Waals surface area contributed by atoms with Crippen molar-refractivity contribution in [3.63, 3.8) is 0 Å². The second kappa shape index (κ2) is 17.6. The molecule has 2 fully saturated rings. The highest BCUT2D eigenvalue weighted by molar-refractivity contribution is 5.68. The molecule has 0 spiro atoms. The van der Waals surface area contributed by atoms with Crippen molar-refractivity contribution in [2.45, 2.75) is 105 Å². The van der Waals surface area contributed by atoms with E-state index in [-0.39, 0.29) is 6.61 Å². The Balaban J connectivity index is 1.91. The van der Waals surface area contributed by atoms with Crippen LogP contribution < -0.4 is 0 Å². The first-order valence-corrected chi connectivity index (χ1v) is 13.4. The van der Waals surface area contributed by atoms with E-state index in [1.807, 2.05) is 6.92 Å². The summed E-state index contributed by atoms with van der Waals surface area (Å²) in [6.45, 7) is -0.779. The van der Waals surface area contributed by atoms with Crippen molar-refractivity contribution in [3.05, 3.63) is 0 Å². The van der Waals surface area contributed by atoms with Gasteiger partial charge in [0.2, 0.25) is 6.61 Å². The number of hydrogen-bond acceptors (Lipinski definition) is 17. The fraction of sp³-hybridized carbons (Fsp3) is 0.917. The number of oxime groups is 1. The van der Waals surface area contributed by atoms with Gasteiger partial charge in [0.05, 0.1) is 38.7 Å². The molecule has 2 rings (SSSR count). The lowest BCUT2D eigenvalue weighted by atomic mass is 9.99. The third-order valence-corrected chi connectivity index (χ3v) is 6.97. The van der Waals surface area contributed by atoms with Gasteiger partial charge < -0.3 is 80.0 Å². The minimum atomic E-state index is -2.01. The largest absolute Gasteiger partial charge is 0.479 e. The zero-order chi connectivity index (χ0) is 31.6. The summed E-state index contributed by atoms with van der Waals surface area (Å²) in [7, 11) is 0. The molecule has 11 N–H and O–H groups in total. The van der Waals surface area contributed by atoms with E-state index < -0.39 is 118 Å². The number of rotatable bonds is 15. The fourth-order valence-corrected chi connectivity index (χ4v) is 4.35.